The fourth-order valence-electron chi connectivity index (χ4n) is 3.89. The van der Waals surface area contributed by atoms with E-state index in [4.69, 9.17) is 4.74 Å². The lowest BCUT2D eigenvalue weighted by molar-refractivity contribution is 0.0786. The zero-order valence-corrected chi connectivity index (χ0v) is 18.2. The molecule has 7 heteroatoms. The summed E-state index contributed by atoms with van der Waals surface area (Å²) in [5.74, 6) is 0.440. The number of benzene rings is 1. The van der Waals surface area contributed by atoms with Crippen molar-refractivity contribution < 1.29 is 13.2 Å². The van der Waals surface area contributed by atoms with Gasteiger partial charge in [0.15, 0.2) is 9.84 Å². The number of thiazole rings is 1. The highest BCUT2D eigenvalue weighted by Crippen LogP contribution is 2.35. The Morgan fingerprint density at radius 3 is 2.50 bits per heavy atom. The number of H-pyrrole nitrogens is 1. The molecule has 5 nitrogen and oxygen atoms in total. The summed E-state index contributed by atoms with van der Waals surface area (Å²) in [6, 6.07) is 11.5. The summed E-state index contributed by atoms with van der Waals surface area (Å²) in [4.78, 5) is 8.33. The quantitative estimate of drug-likeness (QED) is 0.590. The van der Waals surface area contributed by atoms with Crippen LogP contribution in [-0.4, -0.2) is 36.8 Å². The number of aromatic nitrogens is 2. The SMILES string of the molecule is O=S(=O)(c1ccc(C(=CC2CCOCC2)c2ccc(-c3nccs3)[nH]2)cc1)C1CC1. The molecule has 0 spiro atoms. The Morgan fingerprint density at radius 2 is 1.83 bits per heavy atom. The van der Waals surface area contributed by atoms with Crippen LogP contribution in [0.4, 0.5) is 0 Å². The minimum absolute atomic E-state index is 0.190. The van der Waals surface area contributed by atoms with Gasteiger partial charge in [-0.1, -0.05) is 18.2 Å². The van der Waals surface area contributed by atoms with Crippen LogP contribution in [0.1, 0.15) is 36.9 Å². The average Bonchev–Trinajstić information content (AvgIpc) is 3.29. The normalized spacial score (nSPS) is 18.6. The van der Waals surface area contributed by atoms with Crippen LogP contribution in [0.25, 0.3) is 16.3 Å². The fourth-order valence-corrected chi connectivity index (χ4v) is 6.16. The van der Waals surface area contributed by atoms with Crippen molar-refractivity contribution in [1.82, 2.24) is 9.97 Å². The van der Waals surface area contributed by atoms with Gasteiger partial charge in [-0.3, -0.25) is 0 Å². The molecule has 2 aliphatic rings. The summed E-state index contributed by atoms with van der Waals surface area (Å²) in [5.41, 5.74) is 4.12. The van der Waals surface area contributed by atoms with Gasteiger partial charge in [-0.15, -0.1) is 11.3 Å². The van der Waals surface area contributed by atoms with Crippen molar-refractivity contribution in [3.8, 4) is 10.7 Å². The van der Waals surface area contributed by atoms with Crippen molar-refractivity contribution in [3.05, 3.63) is 65.3 Å². The molecule has 156 valence electrons. The molecule has 2 aromatic heterocycles. The Hall–Kier alpha value is -2.22. The Morgan fingerprint density at radius 1 is 1.07 bits per heavy atom. The smallest absolute Gasteiger partial charge is 0.181 e. The maximum absolute atomic E-state index is 12.6. The van der Waals surface area contributed by atoms with Crippen LogP contribution in [0.3, 0.4) is 0 Å². The number of sulfone groups is 1. The molecule has 5 rings (SSSR count). The maximum atomic E-state index is 12.6. The van der Waals surface area contributed by atoms with Crippen molar-refractivity contribution in [1.29, 1.82) is 0 Å². The van der Waals surface area contributed by atoms with Crippen LogP contribution in [-0.2, 0) is 14.6 Å². The van der Waals surface area contributed by atoms with Gasteiger partial charge < -0.3 is 9.72 Å². The van der Waals surface area contributed by atoms with E-state index in [1.165, 1.54) is 0 Å². The summed E-state index contributed by atoms with van der Waals surface area (Å²) >= 11 is 1.60. The van der Waals surface area contributed by atoms with Gasteiger partial charge in [-0.25, -0.2) is 13.4 Å². The number of hydrogen-bond donors (Lipinski definition) is 1. The van der Waals surface area contributed by atoms with E-state index < -0.39 is 9.84 Å². The summed E-state index contributed by atoms with van der Waals surface area (Å²) in [6.45, 7) is 1.56. The summed E-state index contributed by atoms with van der Waals surface area (Å²) in [5, 5.41) is 2.73. The molecule has 30 heavy (non-hydrogen) atoms. The zero-order chi connectivity index (χ0) is 20.6. The molecule has 1 N–H and O–H groups in total. The first-order valence-electron chi connectivity index (χ1n) is 10.3. The lowest BCUT2D eigenvalue weighted by Crippen LogP contribution is -2.14. The summed E-state index contributed by atoms with van der Waals surface area (Å²) < 4.78 is 30.6. The van der Waals surface area contributed by atoms with Crippen LogP contribution in [0.15, 0.2) is 58.9 Å². The first-order chi connectivity index (χ1) is 14.6. The van der Waals surface area contributed by atoms with E-state index in [1.54, 1.807) is 29.7 Å². The Kier molecular flexibility index (Phi) is 5.35. The number of rotatable bonds is 6. The number of aromatic amines is 1. The minimum atomic E-state index is -3.18. The maximum Gasteiger partial charge on any atom is 0.181 e. The van der Waals surface area contributed by atoms with Gasteiger partial charge in [0.05, 0.1) is 15.8 Å². The second-order valence-corrected chi connectivity index (χ2v) is 11.0. The van der Waals surface area contributed by atoms with Crippen LogP contribution in [0.2, 0.25) is 0 Å². The van der Waals surface area contributed by atoms with E-state index in [0.717, 1.165) is 66.4 Å². The first kappa shape index (κ1) is 19.7. The van der Waals surface area contributed by atoms with Gasteiger partial charge in [0.25, 0.3) is 0 Å². The van der Waals surface area contributed by atoms with Crippen LogP contribution in [0, 0.1) is 5.92 Å². The molecule has 0 atom stereocenters. The predicted molar refractivity (Wildman–Crippen MR) is 119 cm³/mol. The standard InChI is InChI=1S/C23H24N2O3S2/c26-30(27,19-5-6-19)18-3-1-17(2-4-18)20(15-16-9-12-28-13-10-16)21-7-8-22(25-21)23-24-11-14-29-23/h1-4,7-8,11,14-16,19,25H,5-6,9-10,12-13H2. The predicted octanol–water partition coefficient (Wildman–Crippen LogP) is 4.93. The molecule has 1 aliphatic heterocycles. The van der Waals surface area contributed by atoms with E-state index in [-0.39, 0.29) is 5.25 Å². The van der Waals surface area contributed by atoms with Gasteiger partial charge in [0.2, 0.25) is 0 Å². The van der Waals surface area contributed by atoms with Crippen LogP contribution < -0.4 is 0 Å². The number of hydrogen-bond acceptors (Lipinski definition) is 5. The third kappa shape index (κ3) is 4.02. The van der Waals surface area contributed by atoms with Gasteiger partial charge in [-0.05, 0) is 61.4 Å². The first-order valence-corrected chi connectivity index (χ1v) is 12.8. The molecule has 1 aromatic carbocycles. The highest BCUT2D eigenvalue weighted by atomic mass is 32.2. The Bertz CT molecular complexity index is 1140. The highest BCUT2D eigenvalue weighted by Gasteiger charge is 2.36. The van der Waals surface area contributed by atoms with Crippen LogP contribution >= 0.6 is 11.3 Å². The molecule has 3 aromatic rings. The largest absolute Gasteiger partial charge is 0.381 e. The molecular formula is C23H24N2O3S2. The number of ether oxygens (including phenoxy) is 1. The fraction of sp³-hybridized carbons (Fsp3) is 0.348. The molecule has 0 amide bonds. The van der Waals surface area contributed by atoms with E-state index in [0.29, 0.717) is 10.8 Å². The van der Waals surface area contributed by atoms with E-state index >= 15 is 0 Å². The van der Waals surface area contributed by atoms with Gasteiger partial charge in [0.1, 0.15) is 5.01 Å². The van der Waals surface area contributed by atoms with E-state index in [1.807, 2.05) is 17.5 Å². The molecule has 3 heterocycles. The molecule has 0 bridgehead atoms. The van der Waals surface area contributed by atoms with Crippen molar-refractivity contribution in [2.24, 2.45) is 5.92 Å². The van der Waals surface area contributed by atoms with E-state index in [2.05, 4.69) is 28.2 Å². The highest BCUT2D eigenvalue weighted by molar-refractivity contribution is 7.92. The second-order valence-electron chi connectivity index (χ2n) is 7.92. The third-order valence-corrected chi connectivity index (χ3v) is 8.85. The van der Waals surface area contributed by atoms with Gasteiger partial charge in [0, 0.05) is 36.1 Å². The third-order valence-electron chi connectivity index (χ3n) is 5.76. The second kappa shape index (κ2) is 8.13. The minimum Gasteiger partial charge on any atom is -0.381 e. The van der Waals surface area contributed by atoms with E-state index in [9.17, 15) is 8.42 Å². The molecule has 0 unspecified atom stereocenters. The van der Waals surface area contributed by atoms with Crippen molar-refractivity contribution >= 4 is 26.7 Å². The molecule has 1 saturated carbocycles. The lowest BCUT2D eigenvalue weighted by atomic mass is 9.93. The van der Waals surface area contributed by atoms with Crippen molar-refractivity contribution in [3.63, 3.8) is 0 Å². The Balaban J connectivity index is 1.50. The van der Waals surface area contributed by atoms with Crippen molar-refractivity contribution in [2.45, 2.75) is 35.8 Å². The molecule has 1 saturated heterocycles. The van der Waals surface area contributed by atoms with Crippen molar-refractivity contribution in [2.75, 3.05) is 13.2 Å². The number of nitrogens with one attached hydrogen (secondary N) is 1. The number of nitrogens with zero attached hydrogens (tertiary/aromatic N) is 1. The van der Waals surface area contributed by atoms with Gasteiger partial charge in [-0.2, -0.15) is 0 Å². The monoisotopic (exact) mass is 440 g/mol. The topological polar surface area (TPSA) is 72.1 Å². The number of allylic oxidation sites excluding steroid dienone is 1. The lowest BCUT2D eigenvalue weighted by Gasteiger charge is -2.20. The summed E-state index contributed by atoms with van der Waals surface area (Å²) in [6.07, 6.45) is 7.67. The molecule has 2 fully saturated rings. The molecular weight excluding hydrogens is 416 g/mol. The molecule has 1 aliphatic carbocycles. The summed E-state index contributed by atoms with van der Waals surface area (Å²) in [7, 11) is -3.18. The zero-order valence-electron chi connectivity index (χ0n) is 16.6. The molecule has 0 radical (unpaired) electrons. The average molecular weight is 441 g/mol. The Labute approximate surface area is 180 Å². The van der Waals surface area contributed by atoms with Crippen LogP contribution in [0.5, 0.6) is 0 Å². The van der Waals surface area contributed by atoms with Gasteiger partial charge >= 0.3 is 0 Å².